The summed E-state index contributed by atoms with van der Waals surface area (Å²) < 4.78 is 71.3. The predicted molar refractivity (Wildman–Crippen MR) is 133 cm³/mol. The standard InChI is InChI=1S/C20H46O6S2Si2/c1-7-13-29(14-8-2,15-9-3)20(28(24,25)26,19-27(21,22)23)30(16-10-4,17-11-5)18-12-6/h7-19H2,1-6H3,(H,21,22,23)(H,24,25,26). The summed E-state index contributed by atoms with van der Waals surface area (Å²) in [5.74, 6) is -0.822. The van der Waals surface area contributed by atoms with Gasteiger partial charge in [-0.2, -0.15) is 16.8 Å². The van der Waals surface area contributed by atoms with E-state index in [9.17, 15) is 25.9 Å². The summed E-state index contributed by atoms with van der Waals surface area (Å²) in [6.45, 7) is 12.1. The quantitative estimate of drug-likeness (QED) is 0.188. The summed E-state index contributed by atoms with van der Waals surface area (Å²) in [6, 6.07) is 3.98. The Hall–Kier alpha value is 0.254. The molecule has 30 heavy (non-hydrogen) atoms. The van der Waals surface area contributed by atoms with Gasteiger partial charge in [0, 0.05) is 0 Å². The molecule has 0 amide bonds. The van der Waals surface area contributed by atoms with Gasteiger partial charge in [-0.15, -0.1) is 0 Å². The summed E-state index contributed by atoms with van der Waals surface area (Å²) in [5.41, 5.74) is 0. The van der Waals surface area contributed by atoms with E-state index in [4.69, 9.17) is 0 Å². The van der Waals surface area contributed by atoms with Crippen LogP contribution in [-0.4, -0.2) is 51.8 Å². The SMILES string of the molecule is CCC[Si](CCC)(CCC)C(CS(=O)(=O)O)([Si](CCC)(CCC)CCC)S(=O)(=O)O. The van der Waals surface area contributed by atoms with E-state index in [1.54, 1.807) is 0 Å². The zero-order chi connectivity index (χ0) is 23.7. The molecule has 0 atom stereocenters. The van der Waals surface area contributed by atoms with Crippen LogP contribution < -0.4 is 0 Å². The van der Waals surface area contributed by atoms with Gasteiger partial charge in [-0.1, -0.05) is 116 Å². The van der Waals surface area contributed by atoms with Crippen LogP contribution in [0.1, 0.15) is 80.1 Å². The fourth-order valence-electron chi connectivity index (χ4n) is 6.58. The first-order chi connectivity index (χ1) is 13.8. The Morgan fingerprint density at radius 1 is 0.567 bits per heavy atom. The van der Waals surface area contributed by atoms with E-state index in [1.807, 2.05) is 41.5 Å². The van der Waals surface area contributed by atoms with Gasteiger partial charge in [0.1, 0.15) is 0 Å². The Morgan fingerprint density at radius 3 is 0.933 bits per heavy atom. The normalized spacial score (nSPS) is 14.3. The van der Waals surface area contributed by atoms with Gasteiger partial charge in [0.2, 0.25) is 0 Å². The van der Waals surface area contributed by atoms with E-state index >= 15 is 0 Å². The summed E-state index contributed by atoms with van der Waals surface area (Å²) in [5, 5.41) is 0. The smallest absolute Gasteiger partial charge is 0.266 e. The second-order valence-corrected chi connectivity index (χ2v) is 23.2. The summed E-state index contributed by atoms with van der Waals surface area (Å²) >= 11 is 0. The van der Waals surface area contributed by atoms with E-state index in [0.717, 1.165) is 38.5 Å². The largest absolute Gasteiger partial charge is 0.286 e. The third kappa shape index (κ3) is 6.40. The average molecular weight is 503 g/mol. The lowest BCUT2D eigenvalue weighted by Gasteiger charge is -2.57. The van der Waals surface area contributed by atoms with Crippen molar-refractivity contribution in [3.05, 3.63) is 0 Å². The van der Waals surface area contributed by atoms with Gasteiger partial charge in [0.15, 0.2) is 0 Å². The topological polar surface area (TPSA) is 109 Å². The van der Waals surface area contributed by atoms with Crippen LogP contribution in [0.5, 0.6) is 0 Å². The molecule has 0 aliphatic heterocycles. The monoisotopic (exact) mass is 502 g/mol. The fraction of sp³-hybridized carbons (Fsp3) is 1.00. The summed E-state index contributed by atoms with van der Waals surface area (Å²) in [4.78, 5) is 0. The first-order valence-corrected chi connectivity index (χ1v) is 20.0. The van der Waals surface area contributed by atoms with Crippen molar-refractivity contribution < 1.29 is 25.9 Å². The van der Waals surface area contributed by atoms with Crippen molar-refractivity contribution in [2.45, 2.75) is 120 Å². The molecule has 0 aromatic rings. The molecule has 0 unspecified atom stereocenters. The number of hydrogen-bond acceptors (Lipinski definition) is 4. The molecule has 0 aliphatic rings. The van der Waals surface area contributed by atoms with Gasteiger partial charge in [0.05, 0.1) is 25.9 Å². The molecule has 0 rings (SSSR count). The third-order valence-corrected chi connectivity index (χ3v) is 29.3. The molecule has 0 aromatic carbocycles. The highest BCUT2D eigenvalue weighted by atomic mass is 32.2. The van der Waals surface area contributed by atoms with Gasteiger partial charge in [0.25, 0.3) is 20.2 Å². The van der Waals surface area contributed by atoms with Gasteiger partial charge in [-0.3, -0.25) is 9.11 Å². The Kier molecular flexibility index (Phi) is 12.6. The molecule has 0 aliphatic carbocycles. The molecule has 0 aromatic heterocycles. The first-order valence-electron chi connectivity index (χ1n) is 11.7. The van der Waals surface area contributed by atoms with E-state index in [-0.39, 0.29) is 0 Å². The van der Waals surface area contributed by atoms with Crippen LogP contribution in [0.4, 0.5) is 0 Å². The molecule has 2 N–H and O–H groups in total. The van der Waals surface area contributed by atoms with E-state index in [0.29, 0.717) is 36.3 Å². The van der Waals surface area contributed by atoms with Gasteiger partial charge in [-0.25, -0.2) is 0 Å². The van der Waals surface area contributed by atoms with Crippen molar-refractivity contribution in [1.29, 1.82) is 0 Å². The summed E-state index contributed by atoms with van der Waals surface area (Å²) in [6.07, 6.45) is 4.52. The lowest BCUT2D eigenvalue weighted by atomic mass is 10.5. The van der Waals surface area contributed by atoms with Crippen molar-refractivity contribution in [3.63, 3.8) is 0 Å². The van der Waals surface area contributed by atoms with Crippen molar-refractivity contribution >= 4 is 36.4 Å². The molecule has 6 nitrogen and oxygen atoms in total. The van der Waals surface area contributed by atoms with Crippen LogP contribution in [0.15, 0.2) is 0 Å². The van der Waals surface area contributed by atoms with Crippen LogP contribution in [0.3, 0.4) is 0 Å². The van der Waals surface area contributed by atoms with Crippen LogP contribution in [0, 0.1) is 0 Å². The molecule has 0 saturated carbocycles. The molecule has 0 saturated heterocycles. The zero-order valence-corrected chi connectivity index (χ0v) is 23.7. The maximum Gasteiger partial charge on any atom is 0.266 e. The molecular weight excluding hydrogens is 457 g/mol. The number of hydrogen-bond donors (Lipinski definition) is 2. The van der Waals surface area contributed by atoms with Crippen LogP contribution in [0.25, 0.3) is 0 Å². The molecular formula is C20H46O6S2Si2. The van der Waals surface area contributed by atoms with Crippen LogP contribution >= 0.6 is 0 Å². The highest BCUT2D eigenvalue weighted by Gasteiger charge is 2.70. The van der Waals surface area contributed by atoms with Gasteiger partial charge < -0.3 is 0 Å². The zero-order valence-electron chi connectivity index (χ0n) is 20.0. The first kappa shape index (κ1) is 30.3. The van der Waals surface area contributed by atoms with E-state index in [1.165, 1.54) is 0 Å². The molecule has 0 bridgehead atoms. The molecule has 0 radical (unpaired) electrons. The Bertz CT molecular complexity index is 647. The predicted octanol–water partition coefficient (Wildman–Crippen LogP) is 5.94. The van der Waals surface area contributed by atoms with E-state index in [2.05, 4.69) is 0 Å². The van der Waals surface area contributed by atoms with Gasteiger partial charge >= 0.3 is 0 Å². The van der Waals surface area contributed by atoms with Crippen molar-refractivity contribution in [3.8, 4) is 0 Å². The molecule has 10 heteroatoms. The Morgan fingerprint density at radius 2 is 0.800 bits per heavy atom. The second-order valence-electron chi connectivity index (χ2n) is 9.09. The minimum atomic E-state index is -4.72. The summed E-state index contributed by atoms with van der Waals surface area (Å²) in [7, 11) is -15.1. The Balaban J connectivity index is 7.76. The highest BCUT2D eigenvalue weighted by molar-refractivity contribution is 7.94. The fourth-order valence-corrected chi connectivity index (χ4v) is 34.3. The third-order valence-electron chi connectivity index (χ3n) is 6.91. The van der Waals surface area contributed by atoms with Crippen molar-refractivity contribution in [1.82, 2.24) is 0 Å². The molecule has 182 valence electrons. The average Bonchev–Trinajstić information content (AvgIpc) is 2.59. The molecule has 0 fully saturated rings. The lowest BCUT2D eigenvalue weighted by Crippen LogP contribution is -2.78. The molecule has 0 heterocycles. The number of rotatable bonds is 17. The highest BCUT2D eigenvalue weighted by Crippen LogP contribution is 2.52. The van der Waals surface area contributed by atoms with Crippen LogP contribution in [0.2, 0.25) is 36.3 Å². The van der Waals surface area contributed by atoms with Crippen molar-refractivity contribution in [2.24, 2.45) is 0 Å². The maximum absolute atomic E-state index is 13.5. The van der Waals surface area contributed by atoms with E-state index < -0.39 is 46.1 Å². The minimum absolute atomic E-state index is 0.663. The lowest BCUT2D eigenvalue weighted by molar-refractivity contribution is 0.457. The Labute approximate surface area is 188 Å². The molecule has 0 spiro atoms. The second kappa shape index (κ2) is 12.5. The van der Waals surface area contributed by atoms with Crippen LogP contribution in [-0.2, 0) is 20.2 Å². The maximum atomic E-state index is 13.5. The van der Waals surface area contributed by atoms with Crippen molar-refractivity contribution in [2.75, 3.05) is 5.75 Å². The van der Waals surface area contributed by atoms with Gasteiger partial charge in [-0.05, 0) is 0 Å². The minimum Gasteiger partial charge on any atom is -0.286 e.